The van der Waals surface area contributed by atoms with E-state index in [1.165, 1.54) is 11.3 Å². The Hall–Kier alpha value is -2.46. The van der Waals surface area contributed by atoms with Crippen molar-refractivity contribution in [3.05, 3.63) is 45.1 Å². The van der Waals surface area contributed by atoms with Crippen molar-refractivity contribution in [2.45, 2.75) is 26.4 Å². The highest BCUT2D eigenvalue weighted by atomic mass is 32.1. The first-order valence-electron chi connectivity index (χ1n) is 10.3. The molecule has 31 heavy (non-hydrogen) atoms. The lowest BCUT2D eigenvalue weighted by Crippen LogP contribution is -2.39. The first kappa shape index (κ1) is 21.8. The van der Waals surface area contributed by atoms with Crippen LogP contribution in [0.25, 0.3) is 11.0 Å². The molecule has 0 radical (unpaired) electrons. The lowest BCUT2D eigenvalue weighted by Gasteiger charge is -2.30. The zero-order chi connectivity index (χ0) is 22.0. The van der Waals surface area contributed by atoms with Crippen LogP contribution in [0.4, 0.5) is 0 Å². The normalized spacial score (nSPS) is 16.0. The number of aliphatic hydroxyl groups is 1. The fraction of sp³-hybridized carbons (Fsp3) is 0.455. The van der Waals surface area contributed by atoms with Crippen molar-refractivity contribution in [3.63, 3.8) is 0 Å². The summed E-state index contributed by atoms with van der Waals surface area (Å²) in [6.45, 7) is 7.42. The van der Waals surface area contributed by atoms with Crippen molar-refractivity contribution in [2.24, 2.45) is 5.73 Å². The molecule has 1 aliphatic heterocycles. The SMILES string of the molecule is Cc1ncsc1COc1ccc2oc(C)c(C(N)=O)c2c1C(CO)CN1CCOCC1. The molecule has 166 valence electrons. The molecule has 2 aromatic heterocycles. The molecule has 4 rings (SSSR count). The number of thiazole rings is 1. The number of hydrogen-bond donors (Lipinski definition) is 2. The molecule has 1 amide bonds. The van der Waals surface area contributed by atoms with Gasteiger partial charge in [0.1, 0.15) is 23.7 Å². The quantitative estimate of drug-likeness (QED) is 0.548. The van der Waals surface area contributed by atoms with Gasteiger partial charge in [-0.25, -0.2) is 4.98 Å². The minimum Gasteiger partial charge on any atom is -0.488 e. The summed E-state index contributed by atoms with van der Waals surface area (Å²) in [6.07, 6.45) is 0. The van der Waals surface area contributed by atoms with Crippen molar-refractivity contribution < 1.29 is 23.8 Å². The van der Waals surface area contributed by atoms with E-state index in [-0.39, 0.29) is 12.5 Å². The number of carbonyl (C=O) groups is 1. The number of hydrogen-bond acceptors (Lipinski definition) is 8. The summed E-state index contributed by atoms with van der Waals surface area (Å²) in [5, 5.41) is 11.0. The monoisotopic (exact) mass is 445 g/mol. The summed E-state index contributed by atoms with van der Waals surface area (Å²) in [5.41, 5.74) is 10.1. The molecule has 0 saturated carbocycles. The summed E-state index contributed by atoms with van der Waals surface area (Å²) in [4.78, 5) is 19.8. The van der Waals surface area contributed by atoms with Gasteiger partial charge in [0, 0.05) is 36.5 Å². The number of fused-ring (bicyclic) bond motifs is 1. The number of aryl methyl sites for hydroxylation is 2. The molecule has 0 bridgehead atoms. The molecule has 1 atom stereocenters. The lowest BCUT2D eigenvalue weighted by molar-refractivity contribution is 0.0318. The molecule has 9 heteroatoms. The van der Waals surface area contributed by atoms with Gasteiger partial charge in [-0.05, 0) is 26.0 Å². The first-order chi connectivity index (χ1) is 15.0. The van der Waals surface area contributed by atoms with Crippen LogP contribution in [0.15, 0.2) is 22.1 Å². The maximum absolute atomic E-state index is 12.3. The smallest absolute Gasteiger partial charge is 0.252 e. The fourth-order valence-electron chi connectivity index (χ4n) is 4.09. The highest BCUT2D eigenvalue weighted by Crippen LogP contribution is 2.39. The predicted octanol–water partition coefficient (Wildman–Crippen LogP) is 2.59. The molecule has 1 saturated heterocycles. The van der Waals surface area contributed by atoms with Crippen LogP contribution in [0.2, 0.25) is 0 Å². The van der Waals surface area contributed by atoms with E-state index in [1.807, 2.05) is 13.0 Å². The maximum atomic E-state index is 12.3. The summed E-state index contributed by atoms with van der Waals surface area (Å²) in [5.74, 6) is 0.226. The van der Waals surface area contributed by atoms with Gasteiger partial charge in [0.2, 0.25) is 0 Å². The topological polar surface area (TPSA) is 111 Å². The summed E-state index contributed by atoms with van der Waals surface area (Å²) < 4.78 is 17.5. The Morgan fingerprint density at radius 3 is 2.77 bits per heavy atom. The van der Waals surface area contributed by atoms with Crippen LogP contribution in [-0.4, -0.2) is 60.4 Å². The number of nitrogens with two attached hydrogens (primary N) is 1. The highest BCUT2D eigenvalue weighted by molar-refractivity contribution is 7.09. The third-order valence-corrected chi connectivity index (χ3v) is 6.60. The number of ether oxygens (including phenoxy) is 2. The molecule has 3 N–H and O–H groups in total. The number of primary amides is 1. The van der Waals surface area contributed by atoms with Gasteiger partial charge in [0.25, 0.3) is 5.91 Å². The summed E-state index contributed by atoms with van der Waals surface area (Å²) in [6, 6.07) is 3.63. The molecule has 1 aromatic carbocycles. The molecule has 0 spiro atoms. The lowest BCUT2D eigenvalue weighted by atomic mass is 9.92. The van der Waals surface area contributed by atoms with Crippen LogP contribution in [0.5, 0.6) is 5.75 Å². The first-order valence-corrected chi connectivity index (χ1v) is 11.2. The summed E-state index contributed by atoms with van der Waals surface area (Å²) >= 11 is 1.53. The van der Waals surface area contributed by atoms with Gasteiger partial charge in [-0.1, -0.05) is 0 Å². The molecule has 3 heterocycles. The Kier molecular flexibility index (Phi) is 6.57. The van der Waals surface area contributed by atoms with Crippen LogP contribution in [0.3, 0.4) is 0 Å². The number of furan rings is 1. The van der Waals surface area contributed by atoms with Gasteiger partial charge in [-0.2, -0.15) is 0 Å². The Labute approximate surface area is 184 Å². The Morgan fingerprint density at radius 1 is 1.35 bits per heavy atom. The number of morpholine rings is 1. The van der Waals surface area contributed by atoms with Crippen LogP contribution in [-0.2, 0) is 11.3 Å². The number of aliphatic hydroxyl groups excluding tert-OH is 1. The third-order valence-electron chi connectivity index (χ3n) is 5.69. The third kappa shape index (κ3) is 4.45. The van der Waals surface area contributed by atoms with E-state index in [0.29, 0.717) is 54.4 Å². The standard InChI is InChI=1S/C22H27N3O5S/c1-13-18(31-12-24-13)11-29-16-3-4-17-21(19(22(23)27)14(2)30-17)20(16)15(10-26)9-25-5-7-28-8-6-25/h3-4,12,15,26H,5-11H2,1-2H3,(H2,23,27). The Morgan fingerprint density at radius 2 is 2.13 bits per heavy atom. The molecule has 1 aliphatic rings. The molecular weight excluding hydrogens is 418 g/mol. The number of carbonyl (C=O) groups excluding carboxylic acids is 1. The van der Waals surface area contributed by atoms with E-state index in [9.17, 15) is 9.90 Å². The number of rotatable bonds is 8. The van der Waals surface area contributed by atoms with Gasteiger partial charge in [0.05, 0.1) is 41.5 Å². The predicted molar refractivity (Wildman–Crippen MR) is 118 cm³/mol. The average Bonchev–Trinajstić information content (AvgIpc) is 3.32. The minimum absolute atomic E-state index is 0.102. The Bertz CT molecular complexity index is 1070. The molecule has 0 aliphatic carbocycles. The van der Waals surface area contributed by atoms with Gasteiger partial charge >= 0.3 is 0 Å². The zero-order valence-corrected chi connectivity index (χ0v) is 18.5. The second-order valence-corrected chi connectivity index (χ2v) is 8.63. The van der Waals surface area contributed by atoms with E-state index in [0.717, 1.165) is 29.2 Å². The van der Waals surface area contributed by atoms with Crippen molar-refractivity contribution in [1.29, 1.82) is 0 Å². The minimum atomic E-state index is -0.559. The highest BCUT2D eigenvalue weighted by Gasteiger charge is 2.28. The van der Waals surface area contributed by atoms with Crippen molar-refractivity contribution in [2.75, 3.05) is 39.5 Å². The summed E-state index contributed by atoms with van der Waals surface area (Å²) in [7, 11) is 0. The largest absolute Gasteiger partial charge is 0.488 e. The van der Waals surface area contributed by atoms with E-state index in [1.54, 1.807) is 18.5 Å². The van der Waals surface area contributed by atoms with E-state index >= 15 is 0 Å². The van der Waals surface area contributed by atoms with Crippen molar-refractivity contribution >= 4 is 28.2 Å². The number of aromatic nitrogens is 1. The van der Waals surface area contributed by atoms with Gasteiger partial charge in [-0.3, -0.25) is 9.69 Å². The molecular formula is C22H27N3O5S. The van der Waals surface area contributed by atoms with Crippen molar-refractivity contribution in [1.82, 2.24) is 9.88 Å². The fourth-order valence-corrected chi connectivity index (χ4v) is 4.78. The number of nitrogens with zero attached hydrogens (tertiary/aromatic N) is 2. The van der Waals surface area contributed by atoms with E-state index in [2.05, 4.69) is 9.88 Å². The average molecular weight is 446 g/mol. The number of benzene rings is 1. The zero-order valence-electron chi connectivity index (χ0n) is 17.7. The van der Waals surface area contributed by atoms with Crippen LogP contribution in [0.1, 0.15) is 38.2 Å². The van der Waals surface area contributed by atoms with Gasteiger partial charge in [-0.15, -0.1) is 11.3 Å². The molecule has 1 unspecified atom stereocenters. The molecule has 1 fully saturated rings. The second-order valence-electron chi connectivity index (χ2n) is 7.69. The molecule has 8 nitrogen and oxygen atoms in total. The van der Waals surface area contributed by atoms with Crippen LogP contribution < -0.4 is 10.5 Å². The second kappa shape index (κ2) is 9.35. The van der Waals surface area contributed by atoms with E-state index < -0.39 is 5.91 Å². The number of amides is 1. The molecule has 3 aromatic rings. The van der Waals surface area contributed by atoms with Crippen LogP contribution in [0, 0.1) is 13.8 Å². The van der Waals surface area contributed by atoms with Gasteiger partial charge < -0.3 is 24.7 Å². The van der Waals surface area contributed by atoms with Crippen LogP contribution >= 0.6 is 11.3 Å². The van der Waals surface area contributed by atoms with E-state index in [4.69, 9.17) is 19.6 Å². The van der Waals surface area contributed by atoms with Crippen molar-refractivity contribution in [3.8, 4) is 5.75 Å². The maximum Gasteiger partial charge on any atom is 0.252 e. The Balaban J connectivity index is 1.78. The van der Waals surface area contributed by atoms with Gasteiger partial charge in [0.15, 0.2) is 0 Å².